The maximum atomic E-state index is 2.37. The molecule has 0 fully saturated rings. The van der Waals surface area contributed by atoms with Crippen LogP contribution in [0.2, 0.25) is 0 Å². The lowest BCUT2D eigenvalue weighted by molar-refractivity contribution is -0.718. The molecule has 1 aromatic rings. The summed E-state index contributed by atoms with van der Waals surface area (Å²) in [4.78, 5) is 0. The zero-order valence-corrected chi connectivity index (χ0v) is 13.0. The van der Waals surface area contributed by atoms with E-state index in [1.807, 2.05) is 7.05 Å². The molecule has 0 aliphatic rings. The third-order valence-corrected chi connectivity index (χ3v) is 1.97. The summed E-state index contributed by atoms with van der Waals surface area (Å²) in [5.74, 6) is 0. The first kappa shape index (κ1) is 17.5. The van der Waals surface area contributed by atoms with Gasteiger partial charge in [-0.05, 0) is 20.8 Å². The molecule has 2 N–H and O–H groups in total. The lowest BCUT2D eigenvalue weighted by Crippen LogP contribution is -3.00. The number of nitrogens with two attached hydrogens (primary N) is 1. The summed E-state index contributed by atoms with van der Waals surface area (Å²) in [6.07, 6.45) is 6.28. The quantitative estimate of drug-likeness (QED) is 0.529. The van der Waals surface area contributed by atoms with Crippen molar-refractivity contribution in [2.45, 2.75) is 32.9 Å². The third kappa shape index (κ3) is 7.99. The lowest BCUT2D eigenvalue weighted by Gasteiger charge is -2.15. The topological polar surface area (TPSA) is 25.4 Å². The standard InChI is InChI=1S/C10H20N3.2BrH/c1-10(2,3)11-5-6-13-8-7-12(4)9-13;;/h7-9,11H,5-6H2,1-4H3;2*1H/q+1;;/p-1. The van der Waals surface area contributed by atoms with E-state index < -0.39 is 0 Å². The Labute approximate surface area is 113 Å². The summed E-state index contributed by atoms with van der Waals surface area (Å²) in [5, 5.41) is 2.37. The highest BCUT2D eigenvalue weighted by molar-refractivity contribution is 4.65. The number of nitrogens with zero attached hydrogens (tertiary/aromatic N) is 2. The van der Waals surface area contributed by atoms with Gasteiger partial charge in [-0.25, -0.2) is 9.13 Å². The molecule has 0 atom stereocenters. The Morgan fingerprint density at radius 3 is 2.27 bits per heavy atom. The largest absolute Gasteiger partial charge is 1.00 e. The van der Waals surface area contributed by atoms with Gasteiger partial charge in [0.1, 0.15) is 25.5 Å². The van der Waals surface area contributed by atoms with E-state index in [0.717, 1.165) is 13.1 Å². The summed E-state index contributed by atoms with van der Waals surface area (Å²) in [6, 6.07) is 0. The molecule has 1 aromatic heterocycles. The summed E-state index contributed by atoms with van der Waals surface area (Å²) in [6.45, 7) is 8.93. The molecule has 5 heteroatoms. The molecule has 1 rings (SSSR count). The Hall–Kier alpha value is 0.130. The lowest BCUT2D eigenvalue weighted by atomic mass is 10.1. The fourth-order valence-electron chi connectivity index (χ4n) is 1.28. The number of aryl methyl sites for hydroxylation is 1. The molecule has 0 radical (unpaired) electrons. The van der Waals surface area contributed by atoms with Gasteiger partial charge in [-0.2, -0.15) is 0 Å². The molecule has 0 saturated carbocycles. The molecule has 0 spiro atoms. The molecule has 0 saturated heterocycles. The van der Waals surface area contributed by atoms with E-state index >= 15 is 0 Å². The van der Waals surface area contributed by atoms with Gasteiger partial charge in [0, 0.05) is 0 Å². The number of rotatable bonds is 3. The predicted octanol–water partition coefficient (Wildman–Crippen LogP) is -6.32. The first-order valence-corrected chi connectivity index (χ1v) is 4.83. The highest BCUT2D eigenvalue weighted by Crippen LogP contribution is 1.88. The van der Waals surface area contributed by atoms with E-state index in [1.165, 1.54) is 0 Å². The number of quaternary nitrogens is 1. The zero-order valence-electron chi connectivity index (χ0n) is 9.87. The van der Waals surface area contributed by atoms with Gasteiger partial charge < -0.3 is 39.3 Å². The van der Waals surface area contributed by atoms with E-state index in [1.54, 1.807) is 0 Å². The summed E-state index contributed by atoms with van der Waals surface area (Å²) in [5.41, 5.74) is 0.343. The van der Waals surface area contributed by atoms with Crippen LogP contribution in [-0.4, -0.2) is 16.7 Å². The molecule has 90 valence electrons. The second-order valence-corrected chi connectivity index (χ2v) is 4.68. The minimum atomic E-state index is 0. The van der Waals surface area contributed by atoms with Crippen molar-refractivity contribution in [3.63, 3.8) is 0 Å². The molecule has 0 amide bonds. The smallest absolute Gasteiger partial charge is 0.243 e. The van der Waals surface area contributed by atoms with Crippen molar-refractivity contribution < 1.29 is 43.8 Å². The van der Waals surface area contributed by atoms with E-state index in [2.05, 4.69) is 53.9 Å². The van der Waals surface area contributed by atoms with Crippen LogP contribution >= 0.6 is 0 Å². The Morgan fingerprint density at radius 2 is 1.87 bits per heavy atom. The summed E-state index contributed by atoms with van der Waals surface area (Å²) >= 11 is 0. The SMILES string of the molecule is C[n+]1ccn(CC[NH2+]C(C)(C)C)c1.[Br-].[Br-]. The number of hydrogen-bond acceptors (Lipinski definition) is 0. The van der Waals surface area contributed by atoms with Crippen LogP contribution in [0.25, 0.3) is 0 Å². The molecule has 0 bridgehead atoms. The van der Waals surface area contributed by atoms with E-state index in [0.29, 0.717) is 5.54 Å². The summed E-state index contributed by atoms with van der Waals surface area (Å²) < 4.78 is 4.28. The first-order chi connectivity index (χ1) is 5.97. The highest BCUT2D eigenvalue weighted by Gasteiger charge is 2.12. The zero-order chi connectivity index (χ0) is 9.90. The molecular weight excluding hydrogens is 322 g/mol. The van der Waals surface area contributed by atoms with Crippen LogP contribution in [0, 0.1) is 0 Å². The maximum Gasteiger partial charge on any atom is 0.243 e. The van der Waals surface area contributed by atoms with Crippen LogP contribution in [0.5, 0.6) is 0 Å². The molecule has 1 heterocycles. The average Bonchev–Trinajstić information content (AvgIpc) is 2.33. The van der Waals surface area contributed by atoms with Gasteiger partial charge in [0.05, 0.1) is 12.6 Å². The van der Waals surface area contributed by atoms with Gasteiger partial charge in [-0.1, -0.05) is 0 Å². The second-order valence-electron chi connectivity index (χ2n) is 4.68. The molecule has 0 unspecified atom stereocenters. The molecule has 3 nitrogen and oxygen atoms in total. The van der Waals surface area contributed by atoms with Crippen LogP contribution in [0.3, 0.4) is 0 Å². The highest BCUT2D eigenvalue weighted by atomic mass is 79.9. The van der Waals surface area contributed by atoms with Crippen LogP contribution in [-0.2, 0) is 13.6 Å². The second kappa shape index (κ2) is 7.41. The third-order valence-electron chi connectivity index (χ3n) is 1.97. The summed E-state index contributed by atoms with van der Waals surface area (Å²) in [7, 11) is 2.05. The average molecular weight is 343 g/mol. The van der Waals surface area contributed by atoms with Crippen molar-refractivity contribution in [1.82, 2.24) is 4.57 Å². The van der Waals surface area contributed by atoms with Gasteiger partial charge in [-0.3, -0.25) is 0 Å². The maximum absolute atomic E-state index is 2.37. The van der Waals surface area contributed by atoms with Gasteiger partial charge in [0.2, 0.25) is 6.33 Å². The number of imidazole rings is 1. The Balaban J connectivity index is 0. The molecule has 0 aliphatic carbocycles. The van der Waals surface area contributed by atoms with Gasteiger partial charge in [0.25, 0.3) is 0 Å². The Kier molecular flexibility index (Phi) is 8.66. The molecular formula is C10H21Br2N3. The fraction of sp³-hybridized carbons (Fsp3) is 0.700. The van der Waals surface area contributed by atoms with E-state index in [4.69, 9.17) is 0 Å². The van der Waals surface area contributed by atoms with Gasteiger partial charge >= 0.3 is 0 Å². The minimum absolute atomic E-state index is 0. The van der Waals surface area contributed by atoms with Gasteiger partial charge in [0.15, 0.2) is 0 Å². The van der Waals surface area contributed by atoms with Crippen molar-refractivity contribution in [3.05, 3.63) is 18.7 Å². The normalized spacial score (nSPS) is 10.4. The Bertz CT molecular complexity index is 266. The van der Waals surface area contributed by atoms with Crippen molar-refractivity contribution in [2.24, 2.45) is 7.05 Å². The van der Waals surface area contributed by atoms with Crippen molar-refractivity contribution >= 4 is 0 Å². The van der Waals surface area contributed by atoms with Crippen molar-refractivity contribution in [3.8, 4) is 0 Å². The Morgan fingerprint density at radius 1 is 1.27 bits per heavy atom. The molecule has 15 heavy (non-hydrogen) atoms. The fourth-order valence-corrected chi connectivity index (χ4v) is 1.28. The monoisotopic (exact) mass is 341 g/mol. The minimum Gasteiger partial charge on any atom is -1.00 e. The number of hydrogen-bond donors (Lipinski definition) is 1. The van der Waals surface area contributed by atoms with Crippen LogP contribution in [0.4, 0.5) is 0 Å². The first-order valence-electron chi connectivity index (χ1n) is 4.83. The van der Waals surface area contributed by atoms with Crippen LogP contribution in [0.1, 0.15) is 20.8 Å². The van der Waals surface area contributed by atoms with Crippen molar-refractivity contribution in [2.75, 3.05) is 6.54 Å². The van der Waals surface area contributed by atoms with Crippen molar-refractivity contribution in [1.29, 1.82) is 0 Å². The number of halogens is 2. The van der Waals surface area contributed by atoms with Crippen LogP contribution < -0.4 is 43.8 Å². The molecule has 0 aliphatic heterocycles. The van der Waals surface area contributed by atoms with E-state index in [9.17, 15) is 0 Å². The van der Waals surface area contributed by atoms with Crippen LogP contribution in [0.15, 0.2) is 18.7 Å². The van der Waals surface area contributed by atoms with Gasteiger partial charge in [-0.15, -0.1) is 0 Å². The number of aromatic nitrogens is 2. The molecule has 0 aromatic carbocycles. The predicted molar refractivity (Wildman–Crippen MR) is 52.2 cm³/mol. The van der Waals surface area contributed by atoms with E-state index in [-0.39, 0.29) is 34.0 Å².